The number of halogens is 1. The largest absolute Gasteiger partial charge is 0.368 e. The highest BCUT2D eigenvalue weighted by Gasteiger charge is 2.25. The monoisotopic (exact) mass is 340 g/mol. The van der Waals surface area contributed by atoms with Gasteiger partial charge >= 0.3 is 0 Å². The Hall–Kier alpha value is -3.23. The Labute approximate surface area is 143 Å². The number of aromatic nitrogens is 5. The Balaban J connectivity index is 1.49. The lowest BCUT2D eigenvalue weighted by molar-refractivity contribution is 0.615. The summed E-state index contributed by atoms with van der Waals surface area (Å²) in [5.74, 6) is 1.44. The van der Waals surface area contributed by atoms with Gasteiger partial charge in [-0.15, -0.1) is 0 Å². The van der Waals surface area contributed by atoms with E-state index >= 15 is 0 Å². The summed E-state index contributed by atoms with van der Waals surface area (Å²) in [6.45, 7) is 1.35. The van der Waals surface area contributed by atoms with Crippen molar-refractivity contribution in [3.63, 3.8) is 0 Å². The minimum Gasteiger partial charge on any atom is -0.368 e. The second-order valence-corrected chi connectivity index (χ2v) is 5.80. The zero-order chi connectivity index (χ0) is 17.2. The van der Waals surface area contributed by atoms with E-state index in [4.69, 9.17) is 5.73 Å². The molecule has 0 amide bonds. The first-order chi connectivity index (χ1) is 12.2. The molecule has 1 atom stereocenters. The third-order valence-electron chi connectivity index (χ3n) is 4.05. The van der Waals surface area contributed by atoms with Crippen LogP contribution in [0.25, 0.3) is 5.82 Å². The molecule has 1 fully saturated rings. The average molecular weight is 340 g/mol. The van der Waals surface area contributed by atoms with Crippen LogP contribution in [0.3, 0.4) is 0 Å². The SMILES string of the molecule is Nc1nc(NC2CCN(c3ncccc3F)C2)cc(-n2cccn2)n1. The smallest absolute Gasteiger partial charge is 0.224 e. The molecule has 3 N–H and O–H groups in total. The summed E-state index contributed by atoms with van der Waals surface area (Å²) in [5, 5.41) is 7.49. The van der Waals surface area contributed by atoms with Crippen molar-refractivity contribution >= 4 is 17.6 Å². The molecule has 4 rings (SSSR count). The van der Waals surface area contributed by atoms with Crippen molar-refractivity contribution in [1.29, 1.82) is 0 Å². The van der Waals surface area contributed by atoms with Gasteiger partial charge in [0.25, 0.3) is 0 Å². The van der Waals surface area contributed by atoms with Crippen molar-refractivity contribution in [2.45, 2.75) is 12.5 Å². The maximum Gasteiger partial charge on any atom is 0.224 e. The van der Waals surface area contributed by atoms with Crippen LogP contribution >= 0.6 is 0 Å². The molecule has 128 valence electrons. The number of hydrogen-bond acceptors (Lipinski definition) is 7. The van der Waals surface area contributed by atoms with Gasteiger partial charge in [-0.3, -0.25) is 0 Å². The van der Waals surface area contributed by atoms with Crippen molar-refractivity contribution in [2.75, 3.05) is 29.0 Å². The van der Waals surface area contributed by atoms with Crippen molar-refractivity contribution in [2.24, 2.45) is 0 Å². The quantitative estimate of drug-likeness (QED) is 0.742. The number of nitrogen functional groups attached to an aromatic ring is 1. The fraction of sp³-hybridized carbons (Fsp3) is 0.250. The molecule has 9 heteroatoms. The minimum atomic E-state index is -0.310. The van der Waals surface area contributed by atoms with Gasteiger partial charge in [-0.25, -0.2) is 14.1 Å². The van der Waals surface area contributed by atoms with Gasteiger partial charge in [0.2, 0.25) is 5.95 Å². The van der Waals surface area contributed by atoms with Crippen molar-refractivity contribution in [3.8, 4) is 5.82 Å². The van der Waals surface area contributed by atoms with Crippen LogP contribution in [0.1, 0.15) is 6.42 Å². The average Bonchev–Trinajstić information content (AvgIpc) is 3.26. The highest BCUT2D eigenvalue weighted by atomic mass is 19.1. The molecule has 1 unspecified atom stereocenters. The van der Waals surface area contributed by atoms with Gasteiger partial charge in [-0.2, -0.15) is 15.1 Å². The maximum atomic E-state index is 13.9. The lowest BCUT2D eigenvalue weighted by Gasteiger charge is -2.18. The van der Waals surface area contributed by atoms with E-state index in [0.717, 1.165) is 13.0 Å². The van der Waals surface area contributed by atoms with Crippen molar-refractivity contribution in [1.82, 2.24) is 24.7 Å². The van der Waals surface area contributed by atoms with E-state index in [2.05, 4.69) is 25.4 Å². The molecule has 1 aliphatic heterocycles. The standard InChI is InChI=1S/C16H17FN8/c17-12-3-1-5-19-15(12)24-8-4-11(10-24)21-13-9-14(23-16(18)22-13)25-7-2-6-20-25/h1-3,5-7,9,11H,4,8,10H2,(H3,18,21,22,23). The molecule has 0 aliphatic carbocycles. The van der Waals surface area contributed by atoms with Crippen LogP contribution in [0.15, 0.2) is 42.9 Å². The van der Waals surface area contributed by atoms with Gasteiger partial charge in [0.1, 0.15) is 5.82 Å². The summed E-state index contributed by atoms with van der Waals surface area (Å²) in [6, 6.07) is 6.71. The van der Waals surface area contributed by atoms with E-state index in [1.807, 2.05) is 11.0 Å². The zero-order valence-corrected chi connectivity index (χ0v) is 13.4. The van der Waals surface area contributed by atoms with Crippen LogP contribution in [0.4, 0.5) is 22.0 Å². The van der Waals surface area contributed by atoms with Gasteiger partial charge < -0.3 is 16.0 Å². The molecule has 3 aromatic rings. The molecule has 0 bridgehead atoms. The summed E-state index contributed by atoms with van der Waals surface area (Å²) >= 11 is 0. The summed E-state index contributed by atoms with van der Waals surface area (Å²) in [6.07, 6.45) is 5.89. The molecule has 0 saturated carbocycles. The lowest BCUT2D eigenvalue weighted by atomic mass is 10.2. The second-order valence-electron chi connectivity index (χ2n) is 5.80. The fourth-order valence-corrected chi connectivity index (χ4v) is 2.94. The highest BCUT2D eigenvalue weighted by Crippen LogP contribution is 2.23. The van der Waals surface area contributed by atoms with Gasteiger partial charge in [0.15, 0.2) is 17.5 Å². The predicted octanol–water partition coefficient (Wildman–Crippen LogP) is 1.47. The Bertz CT molecular complexity index is 866. The molecule has 8 nitrogen and oxygen atoms in total. The molecule has 4 heterocycles. The van der Waals surface area contributed by atoms with Crippen LogP contribution in [0.5, 0.6) is 0 Å². The van der Waals surface area contributed by atoms with Crippen molar-refractivity contribution in [3.05, 3.63) is 48.7 Å². The Morgan fingerprint density at radius 1 is 1.24 bits per heavy atom. The van der Waals surface area contributed by atoms with Crippen LogP contribution in [-0.2, 0) is 0 Å². The molecular weight excluding hydrogens is 323 g/mol. The van der Waals surface area contributed by atoms with Gasteiger partial charge in [-0.1, -0.05) is 0 Å². The van der Waals surface area contributed by atoms with E-state index in [1.54, 1.807) is 35.4 Å². The van der Waals surface area contributed by atoms with Gasteiger partial charge in [-0.05, 0) is 24.6 Å². The number of nitrogens with zero attached hydrogens (tertiary/aromatic N) is 6. The van der Waals surface area contributed by atoms with E-state index in [1.165, 1.54) is 6.07 Å². The topological polar surface area (TPSA) is 97.8 Å². The maximum absolute atomic E-state index is 13.9. The first-order valence-electron chi connectivity index (χ1n) is 7.95. The Kier molecular flexibility index (Phi) is 3.88. The van der Waals surface area contributed by atoms with Gasteiger partial charge in [0, 0.05) is 43.8 Å². The number of nitrogens with two attached hydrogens (primary N) is 1. The van der Waals surface area contributed by atoms with Crippen LogP contribution in [0, 0.1) is 5.82 Å². The van der Waals surface area contributed by atoms with E-state index in [-0.39, 0.29) is 17.8 Å². The lowest BCUT2D eigenvalue weighted by Crippen LogP contribution is -2.27. The van der Waals surface area contributed by atoms with E-state index in [0.29, 0.717) is 24.0 Å². The molecule has 3 aromatic heterocycles. The van der Waals surface area contributed by atoms with Crippen LogP contribution in [-0.4, -0.2) is 43.9 Å². The third kappa shape index (κ3) is 3.21. The Morgan fingerprint density at radius 2 is 2.16 bits per heavy atom. The van der Waals surface area contributed by atoms with Crippen LogP contribution < -0.4 is 16.0 Å². The normalized spacial score (nSPS) is 17.0. The van der Waals surface area contributed by atoms with E-state index in [9.17, 15) is 4.39 Å². The summed E-state index contributed by atoms with van der Waals surface area (Å²) < 4.78 is 15.5. The fourth-order valence-electron chi connectivity index (χ4n) is 2.94. The van der Waals surface area contributed by atoms with E-state index < -0.39 is 0 Å². The first kappa shape index (κ1) is 15.3. The highest BCUT2D eigenvalue weighted by molar-refractivity contribution is 5.48. The molecular formula is C16H17FN8. The molecule has 1 aliphatic rings. The number of pyridine rings is 1. The third-order valence-corrected chi connectivity index (χ3v) is 4.05. The number of anilines is 3. The molecule has 0 radical (unpaired) electrons. The second kappa shape index (κ2) is 6.34. The minimum absolute atomic E-state index is 0.112. The summed E-state index contributed by atoms with van der Waals surface area (Å²) in [7, 11) is 0. The number of rotatable bonds is 4. The number of hydrogen-bond donors (Lipinski definition) is 2. The predicted molar refractivity (Wildman–Crippen MR) is 92.0 cm³/mol. The molecule has 25 heavy (non-hydrogen) atoms. The van der Waals surface area contributed by atoms with Crippen molar-refractivity contribution < 1.29 is 4.39 Å². The number of nitrogens with one attached hydrogen (secondary N) is 1. The molecule has 0 aromatic carbocycles. The molecule has 1 saturated heterocycles. The zero-order valence-electron chi connectivity index (χ0n) is 13.4. The van der Waals surface area contributed by atoms with Crippen LogP contribution in [0.2, 0.25) is 0 Å². The Morgan fingerprint density at radius 3 is 2.96 bits per heavy atom. The summed E-state index contributed by atoms with van der Waals surface area (Å²) in [4.78, 5) is 14.5. The van der Waals surface area contributed by atoms with Gasteiger partial charge in [0.05, 0.1) is 0 Å². The summed E-state index contributed by atoms with van der Waals surface area (Å²) in [5.41, 5.74) is 5.80. The first-order valence-corrected chi connectivity index (χ1v) is 7.95. The molecule has 0 spiro atoms.